The first-order valence-electron chi connectivity index (χ1n) is 8.18. The molecule has 3 heterocycles. The van der Waals surface area contributed by atoms with Gasteiger partial charge in [0, 0.05) is 11.6 Å². The molecule has 1 aliphatic rings. The fourth-order valence-corrected chi connectivity index (χ4v) is 3.42. The van der Waals surface area contributed by atoms with Gasteiger partial charge < -0.3 is 10.1 Å². The van der Waals surface area contributed by atoms with Crippen molar-refractivity contribution in [2.45, 2.75) is 25.7 Å². The molecule has 0 saturated heterocycles. The van der Waals surface area contributed by atoms with Crippen molar-refractivity contribution in [1.82, 2.24) is 15.0 Å². The molecule has 2 aromatic heterocycles. The average Bonchev–Trinajstić information content (AvgIpc) is 3.03. The zero-order chi connectivity index (χ0) is 17.6. The van der Waals surface area contributed by atoms with E-state index >= 15 is 0 Å². The summed E-state index contributed by atoms with van der Waals surface area (Å²) in [6, 6.07) is 9.28. The maximum absolute atomic E-state index is 11.4. The van der Waals surface area contributed by atoms with Gasteiger partial charge in [0.05, 0.1) is 34.0 Å². The molecular formula is C18H17ClN4O2. The van der Waals surface area contributed by atoms with E-state index in [1.807, 2.05) is 37.3 Å². The molecule has 0 bridgehead atoms. The number of aryl methyl sites for hydroxylation is 1. The summed E-state index contributed by atoms with van der Waals surface area (Å²) in [5.41, 5.74) is 4.14. The summed E-state index contributed by atoms with van der Waals surface area (Å²) in [6.07, 6.45) is 0.639. The third-order valence-corrected chi connectivity index (χ3v) is 4.84. The van der Waals surface area contributed by atoms with Gasteiger partial charge >= 0.3 is 6.09 Å². The molecule has 1 aromatic carbocycles. The second-order valence-corrected chi connectivity index (χ2v) is 6.68. The summed E-state index contributed by atoms with van der Waals surface area (Å²) in [7, 11) is 0. The van der Waals surface area contributed by atoms with Crippen LogP contribution in [0.2, 0.25) is 5.02 Å². The molecule has 0 aliphatic carbocycles. The molecule has 25 heavy (non-hydrogen) atoms. The SMILES string of the molecule is CC(c1ccc2c(n1)CCCN2C(=O)O)c1nc2ccc(Cl)cc2[nH]1. The van der Waals surface area contributed by atoms with Crippen LogP contribution in [0.15, 0.2) is 30.3 Å². The van der Waals surface area contributed by atoms with Crippen molar-refractivity contribution in [1.29, 1.82) is 0 Å². The van der Waals surface area contributed by atoms with Crippen LogP contribution in [0.4, 0.5) is 10.5 Å². The molecule has 1 unspecified atom stereocenters. The topological polar surface area (TPSA) is 82.1 Å². The number of nitrogens with zero attached hydrogens (tertiary/aromatic N) is 3. The second-order valence-electron chi connectivity index (χ2n) is 6.24. The van der Waals surface area contributed by atoms with Crippen molar-refractivity contribution in [3.8, 4) is 0 Å². The lowest BCUT2D eigenvalue weighted by Gasteiger charge is -2.26. The standard InChI is InChI=1S/C18H17ClN4O2/c1-10(17-21-13-5-4-11(19)9-15(13)22-17)12-6-7-16-14(20-12)3-2-8-23(16)18(24)25/h4-7,9-10H,2-3,8H2,1H3,(H,21,22)(H,24,25). The first kappa shape index (κ1) is 15.9. The molecular weight excluding hydrogens is 340 g/mol. The number of H-pyrrole nitrogens is 1. The first-order valence-corrected chi connectivity index (χ1v) is 8.56. The highest BCUT2D eigenvalue weighted by Gasteiger charge is 2.24. The summed E-state index contributed by atoms with van der Waals surface area (Å²) in [4.78, 5) is 25.4. The number of pyridine rings is 1. The van der Waals surface area contributed by atoms with Crippen molar-refractivity contribution < 1.29 is 9.90 Å². The number of anilines is 1. The predicted octanol–water partition coefficient (Wildman–Crippen LogP) is 4.19. The molecule has 0 saturated carbocycles. The highest BCUT2D eigenvalue weighted by Crippen LogP contribution is 2.30. The quantitative estimate of drug-likeness (QED) is 0.721. The molecule has 1 amide bonds. The van der Waals surface area contributed by atoms with Crippen molar-refractivity contribution in [2.24, 2.45) is 0 Å². The van der Waals surface area contributed by atoms with Gasteiger partial charge in [-0.1, -0.05) is 11.6 Å². The third kappa shape index (κ3) is 2.82. The van der Waals surface area contributed by atoms with Gasteiger partial charge in [0.1, 0.15) is 5.82 Å². The third-order valence-electron chi connectivity index (χ3n) is 4.60. The van der Waals surface area contributed by atoms with Crippen LogP contribution in [0.25, 0.3) is 11.0 Å². The van der Waals surface area contributed by atoms with Crippen LogP contribution in [-0.2, 0) is 6.42 Å². The number of carboxylic acid groups (broad SMARTS) is 1. The van der Waals surface area contributed by atoms with Gasteiger partial charge in [-0.25, -0.2) is 9.78 Å². The summed E-state index contributed by atoms with van der Waals surface area (Å²) in [5, 5.41) is 9.98. The van der Waals surface area contributed by atoms with Crippen LogP contribution in [0.1, 0.15) is 36.5 Å². The molecule has 128 valence electrons. The molecule has 6 nitrogen and oxygen atoms in total. The number of hydrogen-bond acceptors (Lipinski definition) is 3. The van der Waals surface area contributed by atoms with Crippen LogP contribution >= 0.6 is 11.6 Å². The van der Waals surface area contributed by atoms with E-state index in [0.29, 0.717) is 17.3 Å². The first-order chi connectivity index (χ1) is 12.0. The van der Waals surface area contributed by atoms with E-state index in [9.17, 15) is 9.90 Å². The Labute approximate surface area is 149 Å². The number of aromatic amines is 1. The van der Waals surface area contributed by atoms with Crippen molar-refractivity contribution in [2.75, 3.05) is 11.4 Å². The number of benzene rings is 1. The summed E-state index contributed by atoms with van der Waals surface area (Å²) < 4.78 is 0. The van der Waals surface area contributed by atoms with E-state index in [2.05, 4.69) is 9.97 Å². The Kier molecular flexibility index (Phi) is 3.84. The maximum atomic E-state index is 11.4. The van der Waals surface area contributed by atoms with Gasteiger partial charge in [0.25, 0.3) is 0 Å². The summed E-state index contributed by atoms with van der Waals surface area (Å²) in [5.74, 6) is 0.785. The van der Waals surface area contributed by atoms with Gasteiger partial charge in [0.15, 0.2) is 0 Å². The van der Waals surface area contributed by atoms with Crippen LogP contribution < -0.4 is 4.90 Å². The van der Waals surface area contributed by atoms with Crippen LogP contribution in [-0.4, -0.2) is 32.7 Å². The molecule has 0 fully saturated rings. The van der Waals surface area contributed by atoms with Crippen molar-refractivity contribution in [3.63, 3.8) is 0 Å². The lowest BCUT2D eigenvalue weighted by molar-refractivity contribution is 0.201. The Bertz CT molecular complexity index is 969. The number of hydrogen-bond donors (Lipinski definition) is 2. The normalized spacial score (nSPS) is 15.2. The van der Waals surface area contributed by atoms with Crippen LogP contribution in [0.3, 0.4) is 0 Å². The van der Waals surface area contributed by atoms with Gasteiger partial charge in [-0.15, -0.1) is 0 Å². The molecule has 7 heteroatoms. The van der Waals surface area contributed by atoms with Crippen LogP contribution in [0, 0.1) is 0 Å². The van der Waals surface area contributed by atoms with E-state index < -0.39 is 6.09 Å². The van der Waals surface area contributed by atoms with E-state index in [1.54, 1.807) is 0 Å². The fourth-order valence-electron chi connectivity index (χ4n) is 3.25. The van der Waals surface area contributed by atoms with E-state index in [0.717, 1.165) is 41.1 Å². The summed E-state index contributed by atoms with van der Waals surface area (Å²) in [6.45, 7) is 2.55. The Morgan fingerprint density at radius 2 is 2.16 bits per heavy atom. The van der Waals surface area contributed by atoms with E-state index in [-0.39, 0.29) is 5.92 Å². The largest absolute Gasteiger partial charge is 0.465 e. The van der Waals surface area contributed by atoms with Gasteiger partial charge in [-0.3, -0.25) is 9.88 Å². The molecule has 3 aromatic rings. The van der Waals surface area contributed by atoms with Gasteiger partial charge in [-0.05, 0) is 50.1 Å². The maximum Gasteiger partial charge on any atom is 0.411 e. The zero-order valence-electron chi connectivity index (χ0n) is 13.7. The van der Waals surface area contributed by atoms with Gasteiger partial charge in [-0.2, -0.15) is 0 Å². The number of fused-ring (bicyclic) bond motifs is 2. The number of amides is 1. The van der Waals surface area contributed by atoms with E-state index in [4.69, 9.17) is 16.6 Å². The Morgan fingerprint density at radius 1 is 1.32 bits per heavy atom. The highest BCUT2D eigenvalue weighted by atomic mass is 35.5. The Morgan fingerprint density at radius 3 is 2.96 bits per heavy atom. The lowest BCUT2D eigenvalue weighted by atomic mass is 10.0. The minimum absolute atomic E-state index is 0.0309. The number of imidazole rings is 1. The van der Waals surface area contributed by atoms with E-state index in [1.165, 1.54) is 4.90 Å². The fraction of sp³-hybridized carbons (Fsp3) is 0.278. The minimum atomic E-state index is -0.933. The average molecular weight is 357 g/mol. The number of aromatic nitrogens is 3. The van der Waals surface area contributed by atoms with Crippen molar-refractivity contribution >= 4 is 34.4 Å². The smallest absolute Gasteiger partial charge is 0.411 e. The predicted molar refractivity (Wildman–Crippen MR) is 96.5 cm³/mol. The second kappa shape index (κ2) is 6.04. The monoisotopic (exact) mass is 356 g/mol. The number of halogens is 1. The molecule has 0 radical (unpaired) electrons. The molecule has 1 atom stereocenters. The molecule has 2 N–H and O–H groups in total. The number of carbonyl (C=O) groups is 1. The van der Waals surface area contributed by atoms with Crippen molar-refractivity contribution in [3.05, 3.63) is 52.6 Å². The van der Waals surface area contributed by atoms with Gasteiger partial charge in [0.2, 0.25) is 0 Å². The molecule has 1 aliphatic heterocycles. The minimum Gasteiger partial charge on any atom is -0.465 e. The highest BCUT2D eigenvalue weighted by molar-refractivity contribution is 6.31. The Balaban J connectivity index is 1.70. The zero-order valence-corrected chi connectivity index (χ0v) is 14.4. The molecule has 0 spiro atoms. The molecule has 4 rings (SSSR count). The number of nitrogens with one attached hydrogen (secondary N) is 1. The van der Waals surface area contributed by atoms with Crippen LogP contribution in [0.5, 0.6) is 0 Å². The lowest BCUT2D eigenvalue weighted by Crippen LogP contribution is -2.34. The summed E-state index contributed by atoms with van der Waals surface area (Å²) >= 11 is 6.03. The Hall–Kier alpha value is -2.60. The number of rotatable bonds is 2.